The molecule has 0 unspecified atom stereocenters. The Balaban J connectivity index is 2.77. The molecule has 2 aromatic rings. The predicted molar refractivity (Wildman–Crippen MR) is 59.9 cm³/mol. The Morgan fingerprint density at radius 1 is 1.13 bits per heavy atom. The van der Waals surface area contributed by atoms with Gasteiger partial charge in [-0.05, 0) is 17.5 Å². The molecule has 0 aliphatic carbocycles. The summed E-state index contributed by atoms with van der Waals surface area (Å²) >= 11 is 0. The molecule has 1 nitrogen and oxygen atoms in total. The minimum Gasteiger partial charge on any atom is -0.497 e. The van der Waals surface area contributed by atoms with Gasteiger partial charge < -0.3 is 4.74 Å². The van der Waals surface area contributed by atoms with Crippen LogP contribution in [0.3, 0.4) is 0 Å². The van der Waals surface area contributed by atoms with Crippen molar-refractivity contribution in [3.05, 3.63) is 54.4 Å². The van der Waals surface area contributed by atoms with Gasteiger partial charge in [-0.15, -0.1) is 0 Å². The fraction of sp³-hybridized carbons (Fsp3) is 0.0769. The van der Waals surface area contributed by atoms with Gasteiger partial charge in [-0.3, -0.25) is 0 Å². The maximum Gasteiger partial charge on any atom is 0.131 e. The second-order valence-corrected chi connectivity index (χ2v) is 3.27. The predicted octanol–water partition coefficient (Wildman–Crippen LogP) is 3.60. The number of hydrogen-bond acceptors (Lipinski definition) is 1. The molecule has 2 aromatic carbocycles. The Morgan fingerprint density at radius 3 is 2.47 bits per heavy atom. The van der Waals surface area contributed by atoms with Gasteiger partial charge in [-0.2, -0.15) is 0 Å². The van der Waals surface area contributed by atoms with Crippen LogP contribution in [0.25, 0.3) is 16.5 Å². The van der Waals surface area contributed by atoms with Crippen molar-refractivity contribution in [1.82, 2.24) is 0 Å². The van der Waals surface area contributed by atoms with E-state index in [1.807, 2.05) is 18.2 Å². The maximum atomic E-state index is 13.5. The highest BCUT2D eigenvalue weighted by atomic mass is 19.1. The van der Waals surface area contributed by atoms with Gasteiger partial charge in [0.25, 0.3) is 0 Å². The number of halogens is 1. The highest BCUT2D eigenvalue weighted by Crippen LogP contribution is 2.26. The van der Waals surface area contributed by atoms with Gasteiger partial charge in [-0.25, -0.2) is 4.39 Å². The molecule has 0 N–H and O–H groups in total. The molecule has 0 amide bonds. The van der Waals surface area contributed by atoms with Gasteiger partial charge in [-0.1, -0.05) is 30.8 Å². The van der Waals surface area contributed by atoms with E-state index in [-0.39, 0.29) is 5.82 Å². The summed E-state index contributed by atoms with van der Waals surface area (Å²) in [5.41, 5.74) is 0.828. The van der Waals surface area contributed by atoms with Crippen LogP contribution >= 0.6 is 0 Å². The minimum atomic E-state index is -0.224. The lowest BCUT2D eigenvalue weighted by Crippen LogP contribution is -1.89. The minimum absolute atomic E-state index is 0.224. The molecule has 15 heavy (non-hydrogen) atoms. The fourth-order valence-corrected chi connectivity index (χ4v) is 1.62. The molecule has 0 saturated carbocycles. The number of hydrogen-bond donors (Lipinski definition) is 0. The van der Waals surface area contributed by atoms with Crippen LogP contribution in [0.4, 0.5) is 4.39 Å². The average molecular weight is 202 g/mol. The second-order valence-electron chi connectivity index (χ2n) is 3.27. The van der Waals surface area contributed by atoms with Crippen LogP contribution in [-0.2, 0) is 4.74 Å². The molecule has 0 heterocycles. The Bertz CT molecular complexity index is 517. The first kappa shape index (κ1) is 9.71. The van der Waals surface area contributed by atoms with Gasteiger partial charge in [0.15, 0.2) is 0 Å². The summed E-state index contributed by atoms with van der Waals surface area (Å²) in [5, 5.41) is 1.41. The fourth-order valence-electron chi connectivity index (χ4n) is 1.62. The molecule has 0 atom stereocenters. The molecule has 0 aliphatic heterocycles. The van der Waals surface area contributed by atoms with Crippen LogP contribution in [0.5, 0.6) is 0 Å². The molecule has 0 bridgehead atoms. The molecular weight excluding hydrogens is 191 g/mol. The molecule has 0 aliphatic rings. The smallest absolute Gasteiger partial charge is 0.131 e. The van der Waals surface area contributed by atoms with Crippen molar-refractivity contribution in [2.24, 2.45) is 0 Å². The van der Waals surface area contributed by atoms with E-state index in [0.717, 1.165) is 10.9 Å². The first-order chi connectivity index (χ1) is 7.24. The van der Waals surface area contributed by atoms with Crippen molar-refractivity contribution < 1.29 is 9.13 Å². The Kier molecular flexibility index (Phi) is 2.42. The summed E-state index contributed by atoms with van der Waals surface area (Å²) in [6.45, 7) is 3.78. The van der Waals surface area contributed by atoms with Crippen LogP contribution in [0.1, 0.15) is 5.56 Å². The Labute approximate surface area is 87.8 Å². The number of rotatable bonds is 2. The highest BCUT2D eigenvalue weighted by molar-refractivity contribution is 5.92. The lowest BCUT2D eigenvalue weighted by atomic mass is 10.0. The van der Waals surface area contributed by atoms with E-state index in [4.69, 9.17) is 4.74 Å². The normalized spacial score (nSPS) is 10.3. The van der Waals surface area contributed by atoms with Crippen molar-refractivity contribution in [2.45, 2.75) is 0 Å². The van der Waals surface area contributed by atoms with Gasteiger partial charge in [0.2, 0.25) is 0 Å². The SMILES string of the molecule is C=C(OC)c1ccc(F)c2ccccc12. The summed E-state index contributed by atoms with van der Waals surface area (Å²) in [5.74, 6) is 0.324. The zero-order chi connectivity index (χ0) is 10.8. The molecule has 76 valence electrons. The maximum absolute atomic E-state index is 13.5. The van der Waals surface area contributed by atoms with Crippen molar-refractivity contribution in [3.63, 3.8) is 0 Å². The highest BCUT2D eigenvalue weighted by Gasteiger charge is 2.07. The van der Waals surface area contributed by atoms with Crippen molar-refractivity contribution in [3.8, 4) is 0 Å². The Hall–Kier alpha value is -1.83. The van der Waals surface area contributed by atoms with E-state index in [0.29, 0.717) is 11.1 Å². The monoisotopic (exact) mass is 202 g/mol. The summed E-state index contributed by atoms with van der Waals surface area (Å²) in [7, 11) is 1.56. The van der Waals surface area contributed by atoms with Crippen LogP contribution in [0, 0.1) is 5.82 Å². The number of ether oxygens (including phenoxy) is 1. The van der Waals surface area contributed by atoms with E-state index >= 15 is 0 Å². The quantitative estimate of drug-likeness (QED) is 0.676. The first-order valence-corrected chi connectivity index (χ1v) is 4.64. The van der Waals surface area contributed by atoms with Crippen LogP contribution < -0.4 is 0 Å². The van der Waals surface area contributed by atoms with Gasteiger partial charge >= 0.3 is 0 Å². The lowest BCUT2D eigenvalue weighted by Gasteiger charge is -2.08. The van der Waals surface area contributed by atoms with Gasteiger partial charge in [0, 0.05) is 10.9 Å². The second kappa shape index (κ2) is 3.73. The topological polar surface area (TPSA) is 9.23 Å². The van der Waals surface area contributed by atoms with Gasteiger partial charge in [0.1, 0.15) is 11.6 Å². The van der Waals surface area contributed by atoms with Crippen LogP contribution in [0.15, 0.2) is 43.0 Å². The number of fused-ring (bicyclic) bond motifs is 1. The molecule has 2 rings (SSSR count). The van der Waals surface area contributed by atoms with E-state index in [2.05, 4.69) is 6.58 Å². The van der Waals surface area contributed by atoms with Crippen molar-refractivity contribution in [1.29, 1.82) is 0 Å². The number of benzene rings is 2. The van der Waals surface area contributed by atoms with E-state index in [1.165, 1.54) is 6.07 Å². The lowest BCUT2D eigenvalue weighted by molar-refractivity contribution is 0.372. The zero-order valence-corrected chi connectivity index (χ0v) is 8.46. The summed E-state index contributed by atoms with van der Waals surface area (Å²) in [4.78, 5) is 0. The van der Waals surface area contributed by atoms with E-state index in [9.17, 15) is 4.39 Å². The van der Waals surface area contributed by atoms with Crippen molar-refractivity contribution in [2.75, 3.05) is 7.11 Å². The third kappa shape index (κ3) is 1.59. The van der Waals surface area contributed by atoms with Crippen LogP contribution in [0.2, 0.25) is 0 Å². The van der Waals surface area contributed by atoms with Crippen molar-refractivity contribution >= 4 is 16.5 Å². The molecule has 0 radical (unpaired) electrons. The molecule has 0 aromatic heterocycles. The van der Waals surface area contributed by atoms with Crippen LogP contribution in [-0.4, -0.2) is 7.11 Å². The standard InChI is InChI=1S/C13H11FO/c1-9(15-2)10-7-8-13(14)12-6-4-3-5-11(10)12/h3-8H,1H2,2H3. The molecular formula is C13H11FO. The summed E-state index contributed by atoms with van der Waals surface area (Å²) in [6, 6.07) is 10.4. The molecule has 0 fully saturated rings. The first-order valence-electron chi connectivity index (χ1n) is 4.64. The molecule has 0 saturated heterocycles. The zero-order valence-electron chi connectivity index (χ0n) is 8.46. The third-order valence-electron chi connectivity index (χ3n) is 2.42. The summed E-state index contributed by atoms with van der Waals surface area (Å²) < 4.78 is 18.5. The van der Waals surface area contributed by atoms with E-state index < -0.39 is 0 Å². The Morgan fingerprint density at radius 2 is 1.80 bits per heavy atom. The van der Waals surface area contributed by atoms with E-state index in [1.54, 1.807) is 19.2 Å². The average Bonchev–Trinajstić information content (AvgIpc) is 2.29. The molecule has 2 heteroatoms. The molecule has 0 spiro atoms. The third-order valence-corrected chi connectivity index (χ3v) is 2.42. The summed E-state index contributed by atoms with van der Waals surface area (Å²) in [6.07, 6.45) is 0. The van der Waals surface area contributed by atoms with Gasteiger partial charge in [0.05, 0.1) is 7.11 Å². The number of methoxy groups -OCH3 is 1. The largest absolute Gasteiger partial charge is 0.497 e.